The Morgan fingerprint density at radius 2 is 1.96 bits per heavy atom. The van der Waals surface area contributed by atoms with Gasteiger partial charge in [-0.1, -0.05) is 20.3 Å². The molecule has 2 bridgehead atoms. The summed E-state index contributed by atoms with van der Waals surface area (Å²) in [6.45, 7) is 4.49. The molecule has 0 spiro atoms. The molecule has 25 heavy (non-hydrogen) atoms. The molecule has 2 rings (SSSR count). The Kier molecular flexibility index (Phi) is 7.14. The van der Waals surface area contributed by atoms with E-state index < -0.39 is 33.3 Å². The van der Waals surface area contributed by atoms with Crippen molar-refractivity contribution >= 4 is 21.9 Å². The molecule has 2 unspecified atom stereocenters. The molecule has 0 aliphatic heterocycles. The number of Topliss-reactive ketones (excluding diaryl/α,β-unsaturated/α-hetero) is 1. The number of hydrogen-bond donors (Lipinski definition) is 4. The molecule has 6 N–H and O–H groups in total. The average Bonchev–Trinajstić information content (AvgIpc) is 2.80. The molecular weight excluding hydrogens is 348 g/mol. The van der Waals surface area contributed by atoms with Gasteiger partial charge in [0.05, 0.1) is 11.2 Å². The smallest absolute Gasteiger partial charge is 0.320 e. The number of rotatable bonds is 7. The Balaban J connectivity index is 0.000000275. The molecule has 146 valence electrons. The second kappa shape index (κ2) is 8.11. The summed E-state index contributed by atoms with van der Waals surface area (Å²) in [6.07, 6.45) is 4.14. The van der Waals surface area contributed by atoms with E-state index in [1.165, 1.54) is 0 Å². The molecule has 0 saturated heterocycles. The first-order valence-electron chi connectivity index (χ1n) is 8.54. The van der Waals surface area contributed by atoms with Crippen molar-refractivity contribution in [2.24, 2.45) is 28.2 Å². The minimum absolute atomic E-state index is 0.0152. The Hall–Kier alpha value is -1.03. The lowest BCUT2D eigenvalue weighted by molar-refractivity contribution is -0.138. The van der Waals surface area contributed by atoms with Crippen molar-refractivity contribution in [2.45, 2.75) is 58.4 Å². The Morgan fingerprint density at radius 3 is 2.32 bits per heavy atom. The number of ketones is 1. The Labute approximate surface area is 149 Å². The number of carboxylic acids is 1. The van der Waals surface area contributed by atoms with Crippen LogP contribution in [-0.4, -0.2) is 48.2 Å². The van der Waals surface area contributed by atoms with Crippen molar-refractivity contribution < 1.29 is 27.7 Å². The monoisotopic (exact) mass is 378 g/mol. The lowest BCUT2D eigenvalue weighted by atomic mass is 9.70. The highest BCUT2D eigenvalue weighted by molar-refractivity contribution is 7.85. The van der Waals surface area contributed by atoms with E-state index in [2.05, 4.69) is 0 Å². The van der Waals surface area contributed by atoms with Gasteiger partial charge in [-0.25, -0.2) is 0 Å². The summed E-state index contributed by atoms with van der Waals surface area (Å²) >= 11 is 0. The van der Waals surface area contributed by atoms with E-state index in [-0.39, 0.29) is 17.1 Å². The van der Waals surface area contributed by atoms with E-state index in [4.69, 9.17) is 21.1 Å². The zero-order chi connectivity index (χ0) is 19.5. The molecule has 0 aromatic heterocycles. The maximum absolute atomic E-state index is 11.9. The number of carbonyl (C=O) groups is 2. The third kappa shape index (κ3) is 4.99. The van der Waals surface area contributed by atoms with Crippen LogP contribution in [0.1, 0.15) is 52.4 Å². The van der Waals surface area contributed by atoms with Gasteiger partial charge in [0, 0.05) is 6.42 Å². The van der Waals surface area contributed by atoms with E-state index >= 15 is 0 Å². The molecule has 2 saturated carbocycles. The third-order valence-electron chi connectivity index (χ3n) is 5.85. The Morgan fingerprint density at radius 1 is 1.36 bits per heavy atom. The van der Waals surface area contributed by atoms with Crippen LogP contribution in [0.2, 0.25) is 0 Å². The fourth-order valence-corrected chi connectivity index (χ4v) is 5.35. The number of fused-ring (bicyclic) bond motifs is 2. The van der Waals surface area contributed by atoms with Gasteiger partial charge in [0.15, 0.2) is 0 Å². The van der Waals surface area contributed by atoms with Crippen molar-refractivity contribution in [2.75, 3.05) is 12.3 Å². The van der Waals surface area contributed by atoms with Gasteiger partial charge in [-0.3, -0.25) is 14.1 Å². The maximum Gasteiger partial charge on any atom is 0.320 e. The van der Waals surface area contributed by atoms with Crippen LogP contribution in [0.3, 0.4) is 0 Å². The topological polar surface area (TPSA) is 161 Å². The minimum atomic E-state index is -4.08. The SMILES string of the molecule is CC1(C)C2CCC1(CS(=O)(=O)O)C(=O)C2.NCCCC[C@H](N)C(=O)O. The number of nitrogens with two attached hydrogens (primary N) is 2. The molecule has 8 nitrogen and oxygen atoms in total. The van der Waals surface area contributed by atoms with Crippen molar-refractivity contribution in [3.8, 4) is 0 Å². The normalized spacial score (nSPS) is 28.4. The first-order valence-corrected chi connectivity index (χ1v) is 10.1. The predicted molar refractivity (Wildman–Crippen MR) is 93.5 cm³/mol. The van der Waals surface area contributed by atoms with Crippen molar-refractivity contribution in [1.29, 1.82) is 0 Å². The molecular formula is C16H30N2O6S. The average molecular weight is 378 g/mol. The summed E-state index contributed by atoms with van der Waals surface area (Å²) in [7, 11) is -4.08. The van der Waals surface area contributed by atoms with E-state index in [0.717, 1.165) is 19.3 Å². The summed E-state index contributed by atoms with van der Waals surface area (Å²) in [6, 6.07) is -0.716. The van der Waals surface area contributed by atoms with Gasteiger partial charge in [0.1, 0.15) is 11.8 Å². The highest BCUT2D eigenvalue weighted by atomic mass is 32.2. The molecule has 0 aromatic rings. The fraction of sp³-hybridized carbons (Fsp3) is 0.875. The molecule has 0 aromatic carbocycles. The Bertz CT molecular complexity index is 604. The first kappa shape index (κ1) is 22.0. The van der Waals surface area contributed by atoms with Gasteiger partial charge >= 0.3 is 5.97 Å². The summed E-state index contributed by atoms with van der Waals surface area (Å²) in [4.78, 5) is 22.0. The fourth-order valence-electron chi connectivity index (χ4n) is 4.05. The van der Waals surface area contributed by atoms with Crippen LogP contribution in [0, 0.1) is 16.7 Å². The van der Waals surface area contributed by atoms with Crippen molar-refractivity contribution in [3.05, 3.63) is 0 Å². The van der Waals surface area contributed by atoms with Gasteiger partial charge in [-0.15, -0.1) is 0 Å². The lowest BCUT2D eigenvalue weighted by Crippen LogP contribution is -2.42. The minimum Gasteiger partial charge on any atom is -0.480 e. The van der Waals surface area contributed by atoms with Crippen molar-refractivity contribution in [1.82, 2.24) is 0 Å². The van der Waals surface area contributed by atoms with E-state index in [9.17, 15) is 18.0 Å². The number of unbranched alkanes of at least 4 members (excludes halogenated alkanes) is 1. The third-order valence-corrected chi connectivity index (χ3v) is 6.71. The van der Waals surface area contributed by atoms with Crippen LogP contribution < -0.4 is 11.5 Å². The standard InChI is InChI=1S/C10H16O4S.C6H14N2O2/c1-9(2)7-3-4-10(9,8(11)5-7)6-15(12,13)14;7-4-2-1-3-5(8)6(9)10/h7H,3-6H2,1-2H3,(H,12,13,14);5H,1-4,7-8H2,(H,9,10)/t;5-/m.0/s1. The summed E-state index contributed by atoms with van der Waals surface area (Å²) in [5, 5.41) is 8.33. The van der Waals surface area contributed by atoms with E-state index in [0.29, 0.717) is 25.8 Å². The van der Waals surface area contributed by atoms with Crippen molar-refractivity contribution in [3.63, 3.8) is 0 Å². The second-order valence-electron chi connectivity index (χ2n) is 7.62. The predicted octanol–water partition coefficient (Wildman–Crippen LogP) is 0.797. The molecule has 2 aliphatic rings. The number of aliphatic carboxylic acids is 1. The lowest BCUT2D eigenvalue weighted by Gasteiger charge is -2.35. The number of carboxylic acid groups (broad SMARTS) is 1. The summed E-state index contributed by atoms with van der Waals surface area (Å²) < 4.78 is 31.0. The van der Waals surface area contributed by atoms with Crippen LogP contribution in [0.5, 0.6) is 0 Å². The molecule has 9 heteroatoms. The van der Waals surface area contributed by atoms with Gasteiger partial charge < -0.3 is 16.6 Å². The number of carbonyl (C=O) groups excluding carboxylic acids is 1. The van der Waals surface area contributed by atoms with Gasteiger partial charge in [-0.2, -0.15) is 8.42 Å². The van der Waals surface area contributed by atoms with Gasteiger partial charge in [0.25, 0.3) is 10.1 Å². The first-order chi connectivity index (χ1) is 11.4. The molecule has 0 amide bonds. The molecule has 2 aliphatic carbocycles. The zero-order valence-corrected chi connectivity index (χ0v) is 15.7. The second-order valence-corrected chi connectivity index (χ2v) is 9.07. The molecule has 0 radical (unpaired) electrons. The zero-order valence-electron chi connectivity index (χ0n) is 14.9. The number of hydrogen-bond acceptors (Lipinski definition) is 6. The van der Waals surface area contributed by atoms with Crippen LogP contribution >= 0.6 is 0 Å². The van der Waals surface area contributed by atoms with Gasteiger partial charge in [0.2, 0.25) is 0 Å². The quantitative estimate of drug-likeness (QED) is 0.373. The van der Waals surface area contributed by atoms with E-state index in [1.807, 2.05) is 13.8 Å². The molecule has 3 atom stereocenters. The van der Waals surface area contributed by atoms with Crippen LogP contribution in [0.25, 0.3) is 0 Å². The summed E-state index contributed by atoms with van der Waals surface area (Å²) in [5.41, 5.74) is 9.30. The molecule has 2 fully saturated rings. The highest BCUT2D eigenvalue weighted by Crippen LogP contribution is 2.64. The van der Waals surface area contributed by atoms with Crippen LogP contribution in [0.15, 0.2) is 0 Å². The molecule has 0 heterocycles. The largest absolute Gasteiger partial charge is 0.480 e. The maximum atomic E-state index is 11.9. The highest BCUT2D eigenvalue weighted by Gasteiger charge is 2.65. The van der Waals surface area contributed by atoms with Gasteiger partial charge in [-0.05, 0) is 43.6 Å². The van der Waals surface area contributed by atoms with E-state index in [1.54, 1.807) is 0 Å². The van der Waals surface area contributed by atoms with Crippen LogP contribution in [-0.2, 0) is 19.7 Å². The summed E-state index contributed by atoms with van der Waals surface area (Å²) in [5.74, 6) is -1.03. The van der Waals surface area contributed by atoms with Crippen LogP contribution in [0.4, 0.5) is 0 Å².